The van der Waals surface area contributed by atoms with Crippen molar-refractivity contribution < 1.29 is 22.8 Å². The highest BCUT2D eigenvalue weighted by atomic mass is 28.4. The molecule has 0 fully saturated rings. The molecule has 0 aromatic heterocycles. The Morgan fingerprint density at radius 1 is 1.00 bits per heavy atom. The molecule has 6 heteroatoms. The maximum absolute atomic E-state index is 5.59. The van der Waals surface area contributed by atoms with Crippen molar-refractivity contribution in [3.8, 4) is 0 Å². The Balaban J connectivity index is 3.35. The van der Waals surface area contributed by atoms with Gasteiger partial charge < -0.3 is 22.8 Å². The van der Waals surface area contributed by atoms with E-state index in [0.29, 0.717) is 13.2 Å². The summed E-state index contributed by atoms with van der Waals surface area (Å²) in [5.41, 5.74) is 0. The van der Waals surface area contributed by atoms with Crippen molar-refractivity contribution in [3.63, 3.8) is 0 Å². The standard InChI is InChI=1S/C11H26O5Si/c1-11(12-2)10-15-8-6-7-9-16-17(5,13-3)14-4/h11H,6-10H2,1-5H3. The first-order valence-corrected chi connectivity index (χ1v) is 8.15. The van der Waals surface area contributed by atoms with Crippen molar-refractivity contribution in [1.29, 1.82) is 0 Å². The van der Waals surface area contributed by atoms with Crippen LogP contribution in [0.4, 0.5) is 0 Å². The van der Waals surface area contributed by atoms with E-state index in [1.54, 1.807) is 21.3 Å². The van der Waals surface area contributed by atoms with E-state index in [1.807, 2.05) is 13.5 Å². The molecule has 0 bridgehead atoms. The molecule has 0 rings (SSSR count). The average molecular weight is 266 g/mol. The van der Waals surface area contributed by atoms with Crippen molar-refractivity contribution in [1.82, 2.24) is 0 Å². The van der Waals surface area contributed by atoms with Gasteiger partial charge in [0, 0.05) is 41.1 Å². The molecule has 104 valence electrons. The summed E-state index contributed by atoms with van der Waals surface area (Å²) < 4.78 is 26.5. The fourth-order valence-corrected chi connectivity index (χ4v) is 2.00. The van der Waals surface area contributed by atoms with Crippen molar-refractivity contribution >= 4 is 8.80 Å². The topological polar surface area (TPSA) is 46.2 Å². The Morgan fingerprint density at radius 3 is 2.12 bits per heavy atom. The number of ether oxygens (including phenoxy) is 2. The van der Waals surface area contributed by atoms with Crippen LogP contribution in [0.5, 0.6) is 0 Å². The summed E-state index contributed by atoms with van der Waals surface area (Å²) in [6, 6.07) is 0. The van der Waals surface area contributed by atoms with Gasteiger partial charge in [0.2, 0.25) is 0 Å². The quantitative estimate of drug-likeness (QED) is 0.421. The average Bonchev–Trinajstić information content (AvgIpc) is 2.36. The maximum Gasteiger partial charge on any atom is 0.497 e. The molecule has 0 N–H and O–H groups in total. The molecular formula is C11H26O5Si. The zero-order valence-electron chi connectivity index (χ0n) is 11.7. The Labute approximate surface area is 106 Å². The molecule has 0 aliphatic heterocycles. The smallest absolute Gasteiger partial charge is 0.379 e. The summed E-state index contributed by atoms with van der Waals surface area (Å²) in [6.07, 6.45) is 2.06. The van der Waals surface area contributed by atoms with Crippen molar-refractivity contribution in [2.45, 2.75) is 32.4 Å². The number of hydrogen-bond donors (Lipinski definition) is 0. The van der Waals surface area contributed by atoms with Crippen LogP contribution in [0.15, 0.2) is 0 Å². The highest BCUT2D eigenvalue weighted by Gasteiger charge is 2.31. The van der Waals surface area contributed by atoms with Crippen molar-refractivity contribution in [3.05, 3.63) is 0 Å². The van der Waals surface area contributed by atoms with Gasteiger partial charge in [0.05, 0.1) is 12.7 Å². The maximum atomic E-state index is 5.59. The molecule has 0 radical (unpaired) electrons. The predicted molar refractivity (Wildman–Crippen MR) is 68.1 cm³/mol. The molecular weight excluding hydrogens is 240 g/mol. The summed E-state index contributed by atoms with van der Waals surface area (Å²) >= 11 is 0. The van der Waals surface area contributed by atoms with Gasteiger partial charge in [-0.2, -0.15) is 0 Å². The summed E-state index contributed by atoms with van der Waals surface area (Å²) in [7, 11) is 2.57. The van der Waals surface area contributed by atoms with E-state index in [1.165, 1.54) is 0 Å². The molecule has 0 amide bonds. The SMILES string of the molecule is COC(C)COCCCCO[Si](C)(OC)OC. The van der Waals surface area contributed by atoms with Crippen LogP contribution in [0, 0.1) is 0 Å². The molecule has 0 aromatic rings. The fraction of sp³-hybridized carbons (Fsp3) is 1.00. The summed E-state index contributed by atoms with van der Waals surface area (Å²) in [6.45, 7) is 5.88. The van der Waals surface area contributed by atoms with Gasteiger partial charge in [-0.15, -0.1) is 0 Å². The summed E-state index contributed by atoms with van der Waals surface area (Å²) in [5.74, 6) is 0. The number of hydrogen-bond acceptors (Lipinski definition) is 5. The van der Waals surface area contributed by atoms with Crippen molar-refractivity contribution in [2.24, 2.45) is 0 Å². The van der Waals surface area contributed by atoms with E-state index in [-0.39, 0.29) is 6.10 Å². The van der Waals surface area contributed by atoms with E-state index >= 15 is 0 Å². The molecule has 0 aromatic carbocycles. The molecule has 0 saturated carbocycles. The van der Waals surface area contributed by atoms with E-state index < -0.39 is 8.80 Å². The third-order valence-electron chi connectivity index (χ3n) is 2.54. The lowest BCUT2D eigenvalue weighted by molar-refractivity contribution is 0.0160. The van der Waals surface area contributed by atoms with Gasteiger partial charge in [0.15, 0.2) is 0 Å². The minimum atomic E-state index is -2.35. The minimum Gasteiger partial charge on any atom is -0.379 e. The molecule has 0 aliphatic carbocycles. The van der Waals surface area contributed by atoms with Gasteiger partial charge in [0.1, 0.15) is 0 Å². The Morgan fingerprint density at radius 2 is 1.59 bits per heavy atom. The molecule has 0 heterocycles. The van der Waals surface area contributed by atoms with Gasteiger partial charge in [0.25, 0.3) is 0 Å². The third kappa shape index (κ3) is 8.70. The molecule has 5 nitrogen and oxygen atoms in total. The Kier molecular flexibility index (Phi) is 10.00. The predicted octanol–water partition coefficient (Wildman–Crippen LogP) is 1.70. The molecule has 1 unspecified atom stereocenters. The second-order valence-corrected chi connectivity index (χ2v) is 6.78. The van der Waals surface area contributed by atoms with E-state index in [2.05, 4.69) is 0 Å². The third-order valence-corrected chi connectivity index (χ3v) is 4.76. The monoisotopic (exact) mass is 266 g/mol. The zero-order valence-corrected chi connectivity index (χ0v) is 12.7. The Hall–Kier alpha value is 0.0169. The molecule has 0 aliphatic rings. The van der Waals surface area contributed by atoms with Crippen LogP contribution in [0.25, 0.3) is 0 Å². The molecule has 0 spiro atoms. The number of rotatable bonds is 11. The summed E-state index contributed by atoms with van der Waals surface area (Å²) in [5, 5.41) is 0. The number of unbranched alkanes of at least 4 members (excludes halogenated alkanes) is 1. The van der Waals surface area contributed by atoms with Crippen LogP contribution in [0.2, 0.25) is 6.55 Å². The first-order chi connectivity index (χ1) is 8.08. The lowest BCUT2D eigenvalue weighted by Crippen LogP contribution is -2.40. The molecule has 1 atom stereocenters. The van der Waals surface area contributed by atoms with Gasteiger partial charge in [-0.1, -0.05) is 0 Å². The fourth-order valence-electron chi connectivity index (χ4n) is 1.08. The van der Waals surface area contributed by atoms with Crippen LogP contribution >= 0.6 is 0 Å². The van der Waals surface area contributed by atoms with Gasteiger partial charge in [-0.3, -0.25) is 0 Å². The lowest BCUT2D eigenvalue weighted by atomic mass is 10.3. The Bertz CT molecular complexity index is 175. The van der Waals surface area contributed by atoms with Gasteiger partial charge >= 0.3 is 8.80 Å². The van der Waals surface area contributed by atoms with E-state index in [0.717, 1.165) is 19.4 Å². The van der Waals surface area contributed by atoms with Gasteiger partial charge in [-0.05, 0) is 19.8 Å². The van der Waals surface area contributed by atoms with Crippen LogP contribution in [0.3, 0.4) is 0 Å². The summed E-state index contributed by atoms with van der Waals surface area (Å²) in [4.78, 5) is 0. The highest BCUT2D eigenvalue weighted by molar-refractivity contribution is 6.59. The van der Waals surface area contributed by atoms with Crippen LogP contribution in [-0.4, -0.2) is 56.1 Å². The largest absolute Gasteiger partial charge is 0.497 e. The van der Waals surface area contributed by atoms with Crippen LogP contribution < -0.4 is 0 Å². The second kappa shape index (κ2) is 9.99. The van der Waals surface area contributed by atoms with Gasteiger partial charge in [-0.25, -0.2) is 0 Å². The first-order valence-electron chi connectivity index (χ1n) is 5.92. The van der Waals surface area contributed by atoms with Crippen LogP contribution in [0.1, 0.15) is 19.8 Å². The zero-order chi connectivity index (χ0) is 13.1. The normalized spacial score (nSPS) is 13.9. The lowest BCUT2D eigenvalue weighted by Gasteiger charge is -2.21. The minimum absolute atomic E-state index is 0.156. The second-order valence-electron chi connectivity index (χ2n) is 3.95. The van der Waals surface area contributed by atoms with E-state index in [9.17, 15) is 0 Å². The van der Waals surface area contributed by atoms with Crippen molar-refractivity contribution in [2.75, 3.05) is 41.2 Å². The molecule has 17 heavy (non-hydrogen) atoms. The molecule has 0 saturated heterocycles. The first kappa shape index (κ1) is 17.0. The highest BCUT2D eigenvalue weighted by Crippen LogP contribution is 2.07. The van der Waals surface area contributed by atoms with Crippen LogP contribution in [-0.2, 0) is 22.8 Å². The number of methoxy groups -OCH3 is 1. The van der Waals surface area contributed by atoms with E-state index in [4.69, 9.17) is 22.8 Å².